The zero-order valence-electron chi connectivity index (χ0n) is 13.5. The second kappa shape index (κ2) is 6.73. The van der Waals surface area contributed by atoms with Crippen molar-refractivity contribution in [2.24, 2.45) is 5.92 Å². The molecule has 2 aromatic carbocycles. The van der Waals surface area contributed by atoms with Crippen LogP contribution in [-0.4, -0.2) is 26.2 Å². The molecule has 0 radical (unpaired) electrons. The maximum Gasteiger partial charge on any atom is 0.264 e. The van der Waals surface area contributed by atoms with E-state index < -0.39 is 0 Å². The van der Waals surface area contributed by atoms with Gasteiger partial charge in [0.25, 0.3) is 5.91 Å². The predicted octanol–water partition coefficient (Wildman–Crippen LogP) is 3.30. The Hall–Kier alpha value is -2.49. The fraction of sp³-hybridized carbons (Fsp3) is 0.316. The van der Waals surface area contributed by atoms with E-state index in [1.165, 1.54) is 5.56 Å². The van der Waals surface area contributed by atoms with Gasteiger partial charge >= 0.3 is 0 Å². The third kappa shape index (κ3) is 3.31. The van der Waals surface area contributed by atoms with Crippen LogP contribution >= 0.6 is 0 Å². The number of carbonyl (C=O) groups excluding carboxylic acids is 1. The van der Waals surface area contributed by atoms with Crippen molar-refractivity contribution in [3.63, 3.8) is 0 Å². The summed E-state index contributed by atoms with van der Waals surface area (Å²) >= 11 is 0. The van der Waals surface area contributed by atoms with Crippen LogP contribution in [0, 0.1) is 5.92 Å². The van der Waals surface area contributed by atoms with Crippen molar-refractivity contribution in [3.8, 4) is 11.5 Å². The second-order valence-electron chi connectivity index (χ2n) is 5.88. The second-order valence-corrected chi connectivity index (χ2v) is 5.88. The molecule has 1 atom stereocenters. The molecule has 0 bridgehead atoms. The van der Waals surface area contributed by atoms with Crippen LogP contribution in [0.5, 0.6) is 11.5 Å². The van der Waals surface area contributed by atoms with Crippen LogP contribution in [0.2, 0.25) is 0 Å². The van der Waals surface area contributed by atoms with E-state index in [1.807, 2.05) is 41.3 Å². The molecular formula is C19H21NO3. The van der Waals surface area contributed by atoms with Gasteiger partial charge in [-0.15, -0.1) is 0 Å². The topological polar surface area (TPSA) is 38.8 Å². The molecule has 1 amide bonds. The molecule has 1 heterocycles. The van der Waals surface area contributed by atoms with Crippen molar-refractivity contribution in [3.05, 3.63) is 54.1 Å². The summed E-state index contributed by atoms with van der Waals surface area (Å²) in [4.78, 5) is 14.5. The first-order valence-corrected chi connectivity index (χ1v) is 7.83. The normalized spacial score (nSPS) is 16.6. The first kappa shape index (κ1) is 15.4. The molecule has 0 N–H and O–H groups in total. The number of carbonyl (C=O) groups is 1. The van der Waals surface area contributed by atoms with Gasteiger partial charge < -0.3 is 14.4 Å². The maximum absolute atomic E-state index is 12.6. The Morgan fingerprint density at radius 2 is 1.83 bits per heavy atom. The van der Waals surface area contributed by atoms with Crippen LogP contribution < -0.4 is 14.4 Å². The number of methoxy groups -OCH3 is 1. The minimum Gasteiger partial charge on any atom is -0.493 e. The summed E-state index contributed by atoms with van der Waals surface area (Å²) in [6.45, 7) is 2.89. The summed E-state index contributed by atoms with van der Waals surface area (Å²) in [5.41, 5.74) is 2.22. The third-order valence-corrected chi connectivity index (χ3v) is 4.07. The van der Waals surface area contributed by atoms with E-state index in [9.17, 15) is 4.79 Å². The number of nitrogens with zero attached hydrogens (tertiary/aromatic N) is 1. The van der Waals surface area contributed by atoms with Crippen LogP contribution in [0.25, 0.3) is 0 Å². The molecule has 4 nitrogen and oxygen atoms in total. The molecule has 1 aliphatic heterocycles. The van der Waals surface area contributed by atoms with Crippen molar-refractivity contribution in [2.75, 3.05) is 25.2 Å². The lowest BCUT2D eigenvalue weighted by atomic mass is 9.94. The lowest BCUT2D eigenvalue weighted by molar-refractivity contribution is -0.120. The molecule has 1 unspecified atom stereocenters. The SMILES string of the molecule is COc1ccccc1OCC(=O)N1CC(C)Cc2ccccc21. The molecule has 0 fully saturated rings. The summed E-state index contributed by atoms with van der Waals surface area (Å²) in [6, 6.07) is 15.4. The number of hydrogen-bond acceptors (Lipinski definition) is 3. The molecule has 0 aromatic heterocycles. The molecule has 0 saturated carbocycles. The lowest BCUT2D eigenvalue weighted by Gasteiger charge is -2.33. The molecule has 23 heavy (non-hydrogen) atoms. The van der Waals surface area contributed by atoms with Gasteiger partial charge in [-0.2, -0.15) is 0 Å². The average molecular weight is 311 g/mol. The smallest absolute Gasteiger partial charge is 0.264 e. The zero-order valence-corrected chi connectivity index (χ0v) is 13.5. The van der Waals surface area contributed by atoms with Gasteiger partial charge in [0.15, 0.2) is 18.1 Å². The van der Waals surface area contributed by atoms with Crippen LogP contribution in [0.3, 0.4) is 0 Å². The fourth-order valence-corrected chi connectivity index (χ4v) is 2.99. The van der Waals surface area contributed by atoms with Gasteiger partial charge in [0, 0.05) is 12.2 Å². The van der Waals surface area contributed by atoms with E-state index in [0.717, 1.165) is 18.7 Å². The van der Waals surface area contributed by atoms with Gasteiger partial charge in [-0.05, 0) is 36.1 Å². The molecule has 0 spiro atoms. The Labute approximate surface area is 136 Å². The molecule has 2 aromatic rings. The van der Waals surface area contributed by atoms with Gasteiger partial charge in [-0.1, -0.05) is 37.3 Å². The van der Waals surface area contributed by atoms with E-state index in [-0.39, 0.29) is 12.5 Å². The zero-order chi connectivity index (χ0) is 16.2. The number of hydrogen-bond donors (Lipinski definition) is 0. The molecule has 3 rings (SSSR count). The van der Waals surface area contributed by atoms with Gasteiger partial charge in [-0.25, -0.2) is 0 Å². The minimum absolute atomic E-state index is 0.00142. The molecule has 4 heteroatoms. The number of benzene rings is 2. The highest BCUT2D eigenvalue weighted by Gasteiger charge is 2.26. The highest BCUT2D eigenvalue weighted by Crippen LogP contribution is 2.30. The first-order valence-electron chi connectivity index (χ1n) is 7.83. The number of fused-ring (bicyclic) bond motifs is 1. The van der Waals surface area contributed by atoms with Crippen LogP contribution in [0.4, 0.5) is 5.69 Å². The highest BCUT2D eigenvalue weighted by molar-refractivity contribution is 5.95. The summed E-state index contributed by atoms with van der Waals surface area (Å²) in [5.74, 6) is 1.63. The summed E-state index contributed by atoms with van der Waals surface area (Å²) < 4.78 is 10.9. The minimum atomic E-state index is -0.0325. The predicted molar refractivity (Wildman–Crippen MR) is 90.2 cm³/mol. The Morgan fingerprint density at radius 1 is 1.13 bits per heavy atom. The molecule has 0 aliphatic carbocycles. The molecular weight excluding hydrogens is 290 g/mol. The van der Waals surface area contributed by atoms with E-state index in [1.54, 1.807) is 13.2 Å². The van der Waals surface area contributed by atoms with E-state index >= 15 is 0 Å². The van der Waals surface area contributed by atoms with Crippen molar-refractivity contribution in [1.29, 1.82) is 0 Å². The largest absolute Gasteiger partial charge is 0.493 e. The Bertz CT molecular complexity index is 699. The Kier molecular flexibility index (Phi) is 4.51. The number of amides is 1. The van der Waals surface area contributed by atoms with Gasteiger partial charge in [-0.3, -0.25) is 4.79 Å². The van der Waals surface area contributed by atoms with Gasteiger partial charge in [0.1, 0.15) is 0 Å². The summed E-state index contributed by atoms with van der Waals surface area (Å²) in [5, 5.41) is 0. The van der Waals surface area contributed by atoms with E-state index in [0.29, 0.717) is 17.4 Å². The van der Waals surface area contributed by atoms with Crippen molar-refractivity contribution in [2.45, 2.75) is 13.3 Å². The van der Waals surface area contributed by atoms with Gasteiger partial charge in [0.2, 0.25) is 0 Å². The van der Waals surface area contributed by atoms with Gasteiger partial charge in [0.05, 0.1) is 7.11 Å². The molecule has 120 valence electrons. The monoisotopic (exact) mass is 311 g/mol. The van der Waals surface area contributed by atoms with Crippen LogP contribution in [0.1, 0.15) is 12.5 Å². The number of anilines is 1. The standard InChI is InChI=1S/C19H21NO3/c1-14-11-15-7-3-4-8-16(15)20(12-14)19(21)13-23-18-10-6-5-9-17(18)22-2/h3-10,14H,11-13H2,1-2H3. The van der Waals surface area contributed by atoms with Crippen LogP contribution in [-0.2, 0) is 11.2 Å². The molecule has 0 saturated heterocycles. The lowest BCUT2D eigenvalue weighted by Crippen LogP contribution is -2.41. The third-order valence-electron chi connectivity index (χ3n) is 4.07. The van der Waals surface area contributed by atoms with Crippen molar-refractivity contribution in [1.82, 2.24) is 0 Å². The Balaban J connectivity index is 1.74. The van der Waals surface area contributed by atoms with E-state index in [4.69, 9.17) is 9.47 Å². The van der Waals surface area contributed by atoms with E-state index in [2.05, 4.69) is 13.0 Å². The molecule has 1 aliphatic rings. The number of para-hydroxylation sites is 3. The number of rotatable bonds is 4. The maximum atomic E-state index is 12.6. The highest BCUT2D eigenvalue weighted by atomic mass is 16.5. The Morgan fingerprint density at radius 3 is 2.61 bits per heavy atom. The van der Waals surface area contributed by atoms with Crippen molar-refractivity contribution >= 4 is 11.6 Å². The summed E-state index contributed by atoms with van der Waals surface area (Å²) in [7, 11) is 1.59. The fourth-order valence-electron chi connectivity index (χ4n) is 2.99. The van der Waals surface area contributed by atoms with Crippen LogP contribution in [0.15, 0.2) is 48.5 Å². The summed E-state index contributed by atoms with van der Waals surface area (Å²) in [6.07, 6.45) is 1.01. The number of ether oxygens (including phenoxy) is 2. The first-order chi connectivity index (χ1) is 11.2. The average Bonchev–Trinajstić information content (AvgIpc) is 2.59. The van der Waals surface area contributed by atoms with Crippen molar-refractivity contribution < 1.29 is 14.3 Å². The quantitative estimate of drug-likeness (QED) is 0.869.